The molecule has 0 radical (unpaired) electrons. The minimum Gasteiger partial charge on any atom is -0.370 e. The highest BCUT2D eigenvalue weighted by Crippen LogP contribution is 2.19. The third kappa shape index (κ3) is 7.20. The van der Waals surface area contributed by atoms with Crippen molar-refractivity contribution in [3.8, 4) is 0 Å². The van der Waals surface area contributed by atoms with Crippen LogP contribution in [0.15, 0.2) is 29.3 Å². The van der Waals surface area contributed by atoms with Crippen LogP contribution in [0.1, 0.15) is 19.4 Å². The summed E-state index contributed by atoms with van der Waals surface area (Å²) in [5, 5.41) is 6.69. The van der Waals surface area contributed by atoms with Gasteiger partial charge in [-0.15, -0.1) is 24.0 Å². The van der Waals surface area contributed by atoms with Crippen molar-refractivity contribution in [1.82, 2.24) is 10.6 Å². The molecule has 1 aliphatic rings. The zero-order valence-electron chi connectivity index (χ0n) is 14.3. The number of hydrogen-bond donors (Lipinski definition) is 2. The van der Waals surface area contributed by atoms with Crippen LogP contribution in [-0.4, -0.2) is 44.1 Å². The first kappa shape index (κ1) is 20.4. The summed E-state index contributed by atoms with van der Waals surface area (Å²) in [7, 11) is 1.81. The van der Waals surface area contributed by atoms with E-state index in [0.29, 0.717) is 5.92 Å². The molecule has 0 saturated carbocycles. The molecule has 1 aliphatic heterocycles. The van der Waals surface area contributed by atoms with Gasteiger partial charge in [0, 0.05) is 50.4 Å². The number of anilines is 1. The molecule has 0 atom stereocenters. The van der Waals surface area contributed by atoms with E-state index in [9.17, 15) is 0 Å². The molecule has 2 rings (SSSR count). The SMILES string of the molecule is CN=C(NCc1ccc(N2CCSCC2)cc1)NCC(C)C.I. The van der Waals surface area contributed by atoms with E-state index in [4.69, 9.17) is 0 Å². The molecule has 0 spiro atoms. The third-order valence-electron chi connectivity index (χ3n) is 3.67. The molecule has 1 fully saturated rings. The maximum absolute atomic E-state index is 4.25. The van der Waals surface area contributed by atoms with Crippen LogP contribution in [0.5, 0.6) is 0 Å². The van der Waals surface area contributed by atoms with E-state index in [0.717, 1.165) is 32.1 Å². The number of thioether (sulfide) groups is 1. The molecule has 130 valence electrons. The molecule has 0 aromatic heterocycles. The van der Waals surface area contributed by atoms with Gasteiger partial charge in [-0.3, -0.25) is 4.99 Å². The molecule has 0 bridgehead atoms. The summed E-state index contributed by atoms with van der Waals surface area (Å²) < 4.78 is 0. The second-order valence-electron chi connectivity index (χ2n) is 5.97. The molecule has 0 aliphatic carbocycles. The number of hydrogen-bond acceptors (Lipinski definition) is 3. The number of guanidine groups is 1. The van der Waals surface area contributed by atoms with Crippen molar-refractivity contribution in [2.75, 3.05) is 43.1 Å². The molecule has 1 aromatic carbocycles. The van der Waals surface area contributed by atoms with Crippen molar-refractivity contribution in [3.05, 3.63) is 29.8 Å². The minimum absolute atomic E-state index is 0. The predicted molar refractivity (Wildman–Crippen MR) is 114 cm³/mol. The molecule has 1 saturated heterocycles. The number of nitrogens with zero attached hydrogens (tertiary/aromatic N) is 2. The van der Waals surface area contributed by atoms with E-state index >= 15 is 0 Å². The largest absolute Gasteiger partial charge is 0.370 e. The normalized spacial score (nSPS) is 15.3. The van der Waals surface area contributed by atoms with Gasteiger partial charge >= 0.3 is 0 Å². The average molecular weight is 448 g/mol. The Hall–Kier alpha value is -0.630. The van der Waals surface area contributed by atoms with Crippen molar-refractivity contribution in [3.63, 3.8) is 0 Å². The number of nitrogens with one attached hydrogen (secondary N) is 2. The zero-order valence-corrected chi connectivity index (χ0v) is 17.5. The third-order valence-corrected chi connectivity index (χ3v) is 4.62. The Balaban J connectivity index is 0.00000264. The van der Waals surface area contributed by atoms with Crippen LogP contribution in [0.3, 0.4) is 0 Å². The molecule has 0 unspecified atom stereocenters. The van der Waals surface area contributed by atoms with E-state index in [-0.39, 0.29) is 24.0 Å². The van der Waals surface area contributed by atoms with Crippen LogP contribution in [-0.2, 0) is 6.54 Å². The number of halogens is 1. The highest BCUT2D eigenvalue weighted by atomic mass is 127. The van der Waals surface area contributed by atoms with Crippen molar-refractivity contribution in [2.45, 2.75) is 20.4 Å². The summed E-state index contributed by atoms with van der Waals surface area (Å²) >= 11 is 2.05. The summed E-state index contributed by atoms with van der Waals surface area (Å²) in [4.78, 5) is 6.72. The van der Waals surface area contributed by atoms with Gasteiger partial charge in [0.15, 0.2) is 5.96 Å². The number of aliphatic imine (C=N–C) groups is 1. The van der Waals surface area contributed by atoms with E-state index in [2.05, 4.69) is 58.6 Å². The lowest BCUT2D eigenvalue weighted by atomic mass is 10.2. The van der Waals surface area contributed by atoms with E-state index in [1.807, 2.05) is 18.8 Å². The van der Waals surface area contributed by atoms with Crippen LogP contribution < -0.4 is 15.5 Å². The fourth-order valence-corrected chi connectivity index (χ4v) is 3.26. The lowest BCUT2D eigenvalue weighted by Gasteiger charge is -2.28. The maximum Gasteiger partial charge on any atom is 0.191 e. The van der Waals surface area contributed by atoms with Gasteiger partial charge in [0.2, 0.25) is 0 Å². The van der Waals surface area contributed by atoms with Gasteiger partial charge in [0.1, 0.15) is 0 Å². The first-order valence-electron chi connectivity index (χ1n) is 8.05. The van der Waals surface area contributed by atoms with Crippen LogP contribution in [0.4, 0.5) is 5.69 Å². The lowest BCUT2D eigenvalue weighted by molar-refractivity contribution is 0.614. The Morgan fingerprint density at radius 1 is 1.17 bits per heavy atom. The van der Waals surface area contributed by atoms with Gasteiger partial charge in [0.05, 0.1) is 0 Å². The van der Waals surface area contributed by atoms with E-state index in [1.165, 1.54) is 22.8 Å². The lowest BCUT2D eigenvalue weighted by Crippen LogP contribution is -2.38. The molecule has 0 amide bonds. The first-order valence-corrected chi connectivity index (χ1v) is 9.20. The van der Waals surface area contributed by atoms with Gasteiger partial charge in [-0.2, -0.15) is 11.8 Å². The Morgan fingerprint density at radius 2 is 1.83 bits per heavy atom. The van der Waals surface area contributed by atoms with Crippen LogP contribution in [0.25, 0.3) is 0 Å². The Bertz CT molecular complexity index is 470. The van der Waals surface area contributed by atoms with Gasteiger partial charge in [-0.1, -0.05) is 26.0 Å². The average Bonchev–Trinajstić information content (AvgIpc) is 2.56. The van der Waals surface area contributed by atoms with E-state index in [1.54, 1.807) is 0 Å². The Kier molecular flexibility index (Phi) is 9.78. The highest BCUT2D eigenvalue weighted by Gasteiger charge is 2.10. The van der Waals surface area contributed by atoms with Crippen molar-refractivity contribution < 1.29 is 0 Å². The smallest absolute Gasteiger partial charge is 0.191 e. The molecule has 1 heterocycles. The second-order valence-corrected chi connectivity index (χ2v) is 7.19. The molecular weight excluding hydrogens is 419 g/mol. The van der Waals surface area contributed by atoms with Crippen molar-refractivity contribution in [1.29, 1.82) is 0 Å². The predicted octanol–water partition coefficient (Wildman–Crippen LogP) is 3.18. The van der Waals surface area contributed by atoms with Crippen molar-refractivity contribution in [2.24, 2.45) is 10.9 Å². The quantitative estimate of drug-likeness (QED) is 0.413. The molecule has 6 heteroatoms. The second kappa shape index (κ2) is 11.0. The van der Waals surface area contributed by atoms with Gasteiger partial charge < -0.3 is 15.5 Å². The molecule has 4 nitrogen and oxygen atoms in total. The topological polar surface area (TPSA) is 39.7 Å². The summed E-state index contributed by atoms with van der Waals surface area (Å²) in [6.45, 7) is 8.44. The summed E-state index contributed by atoms with van der Waals surface area (Å²) in [5.74, 6) is 3.95. The number of rotatable bonds is 5. The molecule has 2 N–H and O–H groups in total. The molecular formula is C17H29IN4S. The monoisotopic (exact) mass is 448 g/mol. The molecule has 23 heavy (non-hydrogen) atoms. The van der Waals surface area contributed by atoms with Crippen molar-refractivity contribution >= 4 is 47.4 Å². The van der Waals surface area contributed by atoms with Gasteiger partial charge in [0.25, 0.3) is 0 Å². The molecule has 1 aromatic rings. The van der Waals surface area contributed by atoms with Crippen LogP contribution >= 0.6 is 35.7 Å². The van der Waals surface area contributed by atoms with E-state index < -0.39 is 0 Å². The Labute approximate surface area is 161 Å². The van der Waals surface area contributed by atoms with Gasteiger partial charge in [-0.05, 0) is 23.6 Å². The summed E-state index contributed by atoms with van der Waals surface area (Å²) in [5.41, 5.74) is 2.62. The summed E-state index contributed by atoms with van der Waals surface area (Å²) in [6, 6.07) is 8.88. The fourth-order valence-electron chi connectivity index (χ4n) is 2.35. The van der Waals surface area contributed by atoms with Crippen LogP contribution in [0.2, 0.25) is 0 Å². The first-order chi connectivity index (χ1) is 10.7. The summed E-state index contributed by atoms with van der Waals surface area (Å²) in [6.07, 6.45) is 0. The fraction of sp³-hybridized carbons (Fsp3) is 0.588. The highest BCUT2D eigenvalue weighted by molar-refractivity contribution is 14.0. The van der Waals surface area contributed by atoms with Crippen LogP contribution in [0, 0.1) is 5.92 Å². The zero-order chi connectivity index (χ0) is 15.8. The minimum atomic E-state index is 0. The maximum atomic E-state index is 4.25. The standard InChI is InChI=1S/C17H28N4S.HI/c1-14(2)12-19-17(18-3)20-13-15-4-6-16(7-5-15)21-8-10-22-11-9-21;/h4-7,14H,8-13H2,1-3H3,(H2,18,19,20);1H. The van der Waals surface area contributed by atoms with Gasteiger partial charge in [-0.25, -0.2) is 0 Å². The Morgan fingerprint density at radius 3 is 2.39 bits per heavy atom. The number of benzene rings is 1.